The molecule has 0 radical (unpaired) electrons. The van der Waals surface area contributed by atoms with Crippen LogP contribution in [0.3, 0.4) is 0 Å². The molecule has 3 heteroatoms. The molecule has 1 heterocycles. The maximum absolute atomic E-state index is 12.2. The number of nitrogens with zero attached hydrogens (tertiary/aromatic N) is 1. The van der Waals surface area contributed by atoms with Crippen LogP contribution in [0.1, 0.15) is 38.8 Å². The van der Waals surface area contributed by atoms with E-state index in [4.69, 9.17) is 4.74 Å². The van der Waals surface area contributed by atoms with Gasteiger partial charge in [-0.05, 0) is 38.8 Å². The highest BCUT2D eigenvalue weighted by atomic mass is 16.6. The van der Waals surface area contributed by atoms with Crippen molar-refractivity contribution in [3.63, 3.8) is 0 Å². The van der Waals surface area contributed by atoms with Crippen molar-refractivity contribution in [3.8, 4) is 0 Å². The summed E-state index contributed by atoms with van der Waals surface area (Å²) >= 11 is 0. The van der Waals surface area contributed by atoms with Crippen molar-refractivity contribution in [1.29, 1.82) is 0 Å². The van der Waals surface area contributed by atoms with E-state index < -0.39 is 11.1 Å². The average Bonchev–Trinajstić information content (AvgIpc) is 2.26. The smallest absolute Gasteiger partial charge is 0.334 e. The molecule has 1 aliphatic rings. The molecule has 0 amide bonds. The zero-order valence-electron chi connectivity index (χ0n) is 11.4. The molecule has 1 aromatic rings. The zero-order chi connectivity index (χ0) is 13.4. The van der Waals surface area contributed by atoms with Gasteiger partial charge in [-0.25, -0.2) is 4.79 Å². The third-order valence-corrected chi connectivity index (χ3v) is 2.92. The highest BCUT2D eigenvalue weighted by Crippen LogP contribution is 2.27. The lowest BCUT2D eigenvalue weighted by Crippen LogP contribution is -2.43. The summed E-state index contributed by atoms with van der Waals surface area (Å²) in [6.45, 7) is 7.44. The minimum atomic E-state index is -0.804. The molecular formula is C15H19NO2. The van der Waals surface area contributed by atoms with Crippen LogP contribution in [0.2, 0.25) is 0 Å². The Labute approximate surface area is 108 Å². The number of fused-ring (bicyclic) bond motifs is 1. The molecule has 1 aliphatic heterocycles. The van der Waals surface area contributed by atoms with E-state index in [2.05, 4.69) is 4.99 Å². The van der Waals surface area contributed by atoms with Crippen LogP contribution in [0.25, 0.3) is 0 Å². The number of ether oxygens (including phenoxy) is 1. The molecule has 0 aromatic heterocycles. The highest BCUT2D eigenvalue weighted by Gasteiger charge is 2.38. The molecule has 18 heavy (non-hydrogen) atoms. The first kappa shape index (κ1) is 12.8. The van der Waals surface area contributed by atoms with E-state index in [9.17, 15) is 4.79 Å². The average molecular weight is 245 g/mol. The Hall–Kier alpha value is -1.64. The Balaban J connectivity index is 2.23. The summed E-state index contributed by atoms with van der Waals surface area (Å²) in [6.07, 6.45) is 2.36. The summed E-state index contributed by atoms with van der Waals surface area (Å²) in [5.74, 6) is -0.263. The van der Waals surface area contributed by atoms with Crippen LogP contribution in [0.15, 0.2) is 29.3 Å². The second-order valence-electron chi connectivity index (χ2n) is 5.91. The molecule has 0 spiro atoms. The molecule has 0 fully saturated rings. The van der Waals surface area contributed by atoms with Gasteiger partial charge in [-0.15, -0.1) is 0 Å². The highest BCUT2D eigenvalue weighted by molar-refractivity contribution is 5.90. The summed E-state index contributed by atoms with van der Waals surface area (Å²) < 4.78 is 5.44. The Morgan fingerprint density at radius 2 is 2.00 bits per heavy atom. The van der Waals surface area contributed by atoms with Gasteiger partial charge < -0.3 is 4.74 Å². The number of esters is 1. The molecule has 96 valence electrons. The van der Waals surface area contributed by atoms with Crippen molar-refractivity contribution in [1.82, 2.24) is 0 Å². The zero-order valence-corrected chi connectivity index (χ0v) is 11.4. The van der Waals surface area contributed by atoms with Gasteiger partial charge in [-0.1, -0.05) is 24.3 Å². The maximum atomic E-state index is 12.2. The predicted octanol–water partition coefficient (Wildman–Crippen LogP) is 2.76. The lowest BCUT2D eigenvalue weighted by atomic mass is 9.88. The number of hydrogen-bond acceptors (Lipinski definition) is 3. The van der Waals surface area contributed by atoms with Crippen LogP contribution in [0.4, 0.5) is 0 Å². The number of carbonyl (C=O) groups is 1. The second kappa shape index (κ2) is 4.23. The summed E-state index contributed by atoms with van der Waals surface area (Å²) in [6, 6.07) is 7.99. The van der Waals surface area contributed by atoms with E-state index in [1.165, 1.54) is 0 Å². The third-order valence-electron chi connectivity index (χ3n) is 2.92. The minimum Gasteiger partial charge on any atom is -0.458 e. The van der Waals surface area contributed by atoms with Crippen molar-refractivity contribution < 1.29 is 9.53 Å². The molecular weight excluding hydrogens is 226 g/mol. The Morgan fingerprint density at radius 3 is 2.67 bits per heavy atom. The fourth-order valence-electron chi connectivity index (χ4n) is 1.96. The Bertz CT molecular complexity index is 499. The molecule has 0 bridgehead atoms. The topological polar surface area (TPSA) is 38.7 Å². The third kappa shape index (κ3) is 2.61. The van der Waals surface area contributed by atoms with Crippen molar-refractivity contribution >= 4 is 12.2 Å². The number of benzene rings is 1. The van der Waals surface area contributed by atoms with Gasteiger partial charge in [0.15, 0.2) is 5.54 Å². The number of rotatable bonds is 1. The first-order chi connectivity index (χ1) is 8.30. The molecule has 3 nitrogen and oxygen atoms in total. The van der Waals surface area contributed by atoms with Gasteiger partial charge in [-0.2, -0.15) is 0 Å². The van der Waals surface area contributed by atoms with E-state index in [-0.39, 0.29) is 5.97 Å². The Kier molecular flexibility index (Phi) is 3.01. The van der Waals surface area contributed by atoms with Gasteiger partial charge in [0.2, 0.25) is 0 Å². The molecule has 2 rings (SSSR count). The van der Waals surface area contributed by atoms with Crippen LogP contribution >= 0.6 is 0 Å². The minimum absolute atomic E-state index is 0.263. The van der Waals surface area contributed by atoms with Crippen molar-refractivity contribution in [2.24, 2.45) is 4.99 Å². The van der Waals surface area contributed by atoms with Gasteiger partial charge in [0.25, 0.3) is 0 Å². The lowest BCUT2D eigenvalue weighted by Gasteiger charge is -2.31. The fraction of sp³-hybridized carbons (Fsp3) is 0.467. The SMILES string of the molecule is CC(C)(C)OC(=O)[C@@]1(C)Cc2ccccc2C=N1. The fourth-order valence-corrected chi connectivity index (χ4v) is 1.96. The molecule has 0 saturated heterocycles. The quantitative estimate of drug-likeness (QED) is 0.714. The molecule has 1 atom stereocenters. The summed E-state index contributed by atoms with van der Waals surface area (Å²) in [7, 11) is 0. The van der Waals surface area contributed by atoms with Crippen molar-refractivity contribution in [2.45, 2.75) is 45.3 Å². The summed E-state index contributed by atoms with van der Waals surface area (Å²) in [4.78, 5) is 16.6. The molecule has 0 saturated carbocycles. The summed E-state index contributed by atoms with van der Waals surface area (Å²) in [5, 5.41) is 0. The molecule has 0 unspecified atom stereocenters. The van der Waals surface area contributed by atoms with Gasteiger partial charge in [0.1, 0.15) is 5.60 Å². The number of carbonyl (C=O) groups excluding carboxylic acids is 1. The van der Waals surface area contributed by atoms with Crippen molar-refractivity contribution in [3.05, 3.63) is 35.4 Å². The summed E-state index contributed by atoms with van der Waals surface area (Å²) in [5.41, 5.74) is 0.938. The van der Waals surface area contributed by atoms with E-state index in [1.54, 1.807) is 6.21 Å². The second-order valence-corrected chi connectivity index (χ2v) is 5.91. The van der Waals surface area contributed by atoms with E-state index in [1.807, 2.05) is 52.0 Å². The normalized spacial score (nSPS) is 22.4. The molecule has 1 aromatic carbocycles. The number of hydrogen-bond donors (Lipinski definition) is 0. The van der Waals surface area contributed by atoms with Crippen LogP contribution in [0, 0.1) is 0 Å². The van der Waals surface area contributed by atoms with Gasteiger partial charge in [-0.3, -0.25) is 4.99 Å². The van der Waals surface area contributed by atoms with Crippen LogP contribution < -0.4 is 0 Å². The lowest BCUT2D eigenvalue weighted by molar-refractivity contribution is -0.160. The largest absolute Gasteiger partial charge is 0.458 e. The van der Waals surface area contributed by atoms with Gasteiger partial charge in [0.05, 0.1) is 0 Å². The predicted molar refractivity (Wildman–Crippen MR) is 72.0 cm³/mol. The Morgan fingerprint density at radius 1 is 1.33 bits per heavy atom. The van der Waals surface area contributed by atoms with Gasteiger partial charge >= 0.3 is 5.97 Å². The van der Waals surface area contributed by atoms with Crippen LogP contribution in [-0.4, -0.2) is 23.3 Å². The first-order valence-electron chi connectivity index (χ1n) is 6.17. The number of aliphatic imine (C=N–C) groups is 1. The molecule has 0 aliphatic carbocycles. The van der Waals surface area contributed by atoms with Crippen LogP contribution in [0.5, 0.6) is 0 Å². The van der Waals surface area contributed by atoms with Crippen LogP contribution in [-0.2, 0) is 16.0 Å². The van der Waals surface area contributed by atoms with E-state index in [0.717, 1.165) is 11.1 Å². The van der Waals surface area contributed by atoms with E-state index >= 15 is 0 Å². The molecule has 0 N–H and O–H groups in total. The van der Waals surface area contributed by atoms with Crippen molar-refractivity contribution in [2.75, 3.05) is 0 Å². The van der Waals surface area contributed by atoms with E-state index in [0.29, 0.717) is 6.42 Å². The maximum Gasteiger partial charge on any atom is 0.334 e. The first-order valence-corrected chi connectivity index (χ1v) is 6.17. The van der Waals surface area contributed by atoms with Gasteiger partial charge in [0, 0.05) is 12.6 Å². The monoisotopic (exact) mass is 245 g/mol. The standard InChI is InChI=1S/C15H19NO2/c1-14(2,3)18-13(17)15(4)9-11-7-5-6-8-12(11)10-16-15/h5-8,10H,9H2,1-4H3/t15-/m1/s1.